The van der Waals surface area contributed by atoms with Crippen LogP contribution in [0.25, 0.3) is 0 Å². The van der Waals surface area contributed by atoms with Gasteiger partial charge in [0.25, 0.3) is 10.0 Å². The van der Waals surface area contributed by atoms with Gasteiger partial charge in [0.2, 0.25) is 5.03 Å². The molecule has 0 aromatic carbocycles. The van der Waals surface area contributed by atoms with Crippen molar-refractivity contribution < 1.29 is 8.42 Å². The summed E-state index contributed by atoms with van der Waals surface area (Å²) in [5.74, 6) is 0. The molecule has 1 N–H and O–H groups in total. The molecule has 6 nitrogen and oxygen atoms in total. The topological polar surface area (TPSA) is 87.8 Å². The van der Waals surface area contributed by atoms with E-state index >= 15 is 0 Å². The number of hydrogen-bond donors (Lipinski definition) is 1. The van der Waals surface area contributed by atoms with Crippen molar-refractivity contribution in [1.82, 2.24) is 14.3 Å². The molecule has 0 aliphatic carbocycles. The number of sulfonamides is 1. The van der Waals surface area contributed by atoms with E-state index in [1.165, 1.54) is 10.9 Å². The molecule has 0 fully saturated rings. The minimum Gasteiger partial charge on any atom is -0.324 e. The van der Waals surface area contributed by atoms with Gasteiger partial charge in [0.15, 0.2) is 0 Å². The second-order valence-corrected chi connectivity index (χ2v) is 5.53. The van der Waals surface area contributed by atoms with Crippen LogP contribution in [0.5, 0.6) is 0 Å². The minimum absolute atomic E-state index is 0.0457. The summed E-state index contributed by atoms with van der Waals surface area (Å²) in [5, 5.41) is 8.40. The number of aryl methyl sites for hydroxylation is 1. The molecule has 0 saturated heterocycles. The molecule has 1 unspecified atom stereocenters. The number of nitriles is 1. The van der Waals surface area contributed by atoms with Gasteiger partial charge >= 0.3 is 0 Å². The van der Waals surface area contributed by atoms with Gasteiger partial charge in [-0.25, -0.2) is 18.1 Å². The third-order valence-corrected chi connectivity index (χ3v) is 4.25. The fourth-order valence-corrected chi connectivity index (χ4v) is 2.98. The molecule has 0 bridgehead atoms. The second kappa shape index (κ2) is 5.49. The Morgan fingerprint density at radius 1 is 1.71 bits per heavy atom. The van der Waals surface area contributed by atoms with Crippen LogP contribution in [-0.4, -0.2) is 24.0 Å². The van der Waals surface area contributed by atoms with Gasteiger partial charge in [-0.15, -0.1) is 0 Å². The van der Waals surface area contributed by atoms with Gasteiger partial charge in [0.05, 0.1) is 18.8 Å². The van der Waals surface area contributed by atoms with Gasteiger partial charge in [-0.05, 0) is 6.42 Å². The van der Waals surface area contributed by atoms with E-state index in [4.69, 9.17) is 16.9 Å². The summed E-state index contributed by atoms with van der Waals surface area (Å²) in [5.41, 5.74) is 0. The number of nitrogens with zero attached hydrogens (tertiary/aromatic N) is 3. The van der Waals surface area contributed by atoms with Gasteiger partial charge in [0.1, 0.15) is 5.15 Å². The Bertz CT molecular complexity index is 532. The first-order valence-corrected chi connectivity index (χ1v) is 6.84. The summed E-state index contributed by atoms with van der Waals surface area (Å²) in [6, 6.07) is 1.50. The third-order valence-electron chi connectivity index (χ3n) is 2.24. The van der Waals surface area contributed by atoms with Crippen molar-refractivity contribution >= 4 is 21.6 Å². The van der Waals surface area contributed by atoms with Gasteiger partial charge in [-0.2, -0.15) is 5.26 Å². The van der Waals surface area contributed by atoms with Gasteiger partial charge in [-0.3, -0.25) is 0 Å². The summed E-state index contributed by atoms with van der Waals surface area (Å²) in [6.45, 7) is 1.80. The Morgan fingerprint density at radius 2 is 2.35 bits per heavy atom. The quantitative estimate of drug-likeness (QED) is 0.870. The Morgan fingerprint density at radius 3 is 2.76 bits per heavy atom. The molecule has 8 heteroatoms. The van der Waals surface area contributed by atoms with Crippen molar-refractivity contribution in [3.8, 4) is 6.07 Å². The molecule has 17 heavy (non-hydrogen) atoms. The molecule has 1 aromatic rings. The van der Waals surface area contributed by atoms with E-state index in [-0.39, 0.29) is 16.6 Å². The molecule has 0 saturated carbocycles. The van der Waals surface area contributed by atoms with E-state index in [1.807, 2.05) is 6.07 Å². The normalized spacial score (nSPS) is 13.3. The predicted molar refractivity (Wildman–Crippen MR) is 62.8 cm³/mol. The Balaban J connectivity index is 2.97. The highest BCUT2D eigenvalue weighted by Gasteiger charge is 2.24. The highest BCUT2D eigenvalue weighted by atomic mass is 35.5. The van der Waals surface area contributed by atoms with Gasteiger partial charge in [0, 0.05) is 13.1 Å². The number of hydrogen-bond acceptors (Lipinski definition) is 4. The Labute approximate surface area is 105 Å². The summed E-state index contributed by atoms with van der Waals surface area (Å²) in [4.78, 5) is 3.73. The minimum atomic E-state index is -3.77. The lowest BCUT2D eigenvalue weighted by atomic mass is 10.2. The summed E-state index contributed by atoms with van der Waals surface area (Å²) < 4.78 is 27.7. The average molecular weight is 277 g/mol. The van der Waals surface area contributed by atoms with Crippen LogP contribution >= 0.6 is 11.6 Å². The molecule has 0 radical (unpaired) electrons. The van der Waals surface area contributed by atoms with Crippen molar-refractivity contribution in [3.63, 3.8) is 0 Å². The highest BCUT2D eigenvalue weighted by molar-refractivity contribution is 7.89. The largest absolute Gasteiger partial charge is 0.324 e. The molecular formula is C9H13ClN4O2S. The Hall–Kier alpha value is -1.10. The number of rotatable bonds is 5. The monoisotopic (exact) mass is 276 g/mol. The molecular weight excluding hydrogens is 264 g/mol. The van der Waals surface area contributed by atoms with E-state index in [0.29, 0.717) is 6.42 Å². The predicted octanol–water partition coefficient (Wildman–Crippen LogP) is 1.04. The second-order valence-electron chi connectivity index (χ2n) is 3.54. The van der Waals surface area contributed by atoms with Gasteiger partial charge < -0.3 is 4.57 Å². The molecule has 0 spiro atoms. The molecule has 1 aromatic heterocycles. The highest BCUT2D eigenvalue weighted by Crippen LogP contribution is 2.19. The molecule has 0 aliphatic rings. The smallest absolute Gasteiger partial charge is 0.261 e. The molecule has 94 valence electrons. The lowest BCUT2D eigenvalue weighted by Crippen LogP contribution is -2.34. The number of aromatic nitrogens is 2. The number of halogens is 1. The molecule has 1 heterocycles. The van der Waals surface area contributed by atoms with E-state index in [9.17, 15) is 8.42 Å². The number of imidazole rings is 1. The van der Waals surface area contributed by atoms with Crippen molar-refractivity contribution in [1.29, 1.82) is 5.26 Å². The first kappa shape index (κ1) is 14.0. The van der Waals surface area contributed by atoms with Crippen LogP contribution in [0.15, 0.2) is 11.4 Å². The molecule has 1 rings (SSSR count). The van der Waals surface area contributed by atoms with Crippen LogP contribution in [0.1, 0.15) is 19.8 Å². The standard InChI is InChI=1S/C9H13ClN4O2S/c1-3-7(4-5-11)13-17(15,16)9-8(10)14(2)6-12-9/h6-7,13H,3-4H2,1-2H3. The maximum atomic E-state index is 11.9. The first-order chi connectivity index (χ1) is 7.92. The SMILES string of the molecule is CCC(CC#N)NS(=O)(=O)c1ncn(C)c1Cl. The molecule has 0 aliphatic heterocycles. The van der Waals surface area contributed by atoms with Crippen LogP contribution in [-0.2, 0) is 17.1 Å². The number of nitrogens with one attached hydrogen (secondary N) is 1. The zero-order valence-corrected chi connectivity index (χ0v) is 11.1. The lowest BCUT2D eigenvalue weighted by molar-refractivity contribution is 0.540. The van der Waals surface area contributed by atoms with Crippen molar-refractivity contribution in [3.05, 3.63) is 11.5 Å². The third kappa shape index (κ3) is 3.19. The van der Waals surface area contributed by atoms with E-state index in [0.717, 1.165) is 0 Å². The van der Waals surface area contributed by atoms with Crippen LogP contribution in [0.3, 0.4) is 0 Å². The summed E-state index contributed by atoms with van der Waals surface area (Å²) >= 11 is 5.81. The maximum Gasteiger partial charge on any atom is 0.261 e. The van der Waals surface area contributed by atoms with Crippen LogP contribution in [0.4, 0.5) is 0 Å². The van der Waals surface area contributed by atoms with E-state index in [2.05, 4.69) is 9.71 Å². The van der Waals surface area contributed by atoms with E-state index in [1.54, 1.807) is 14.0 Å². The van der Waals surface area contributed by atoms with Crippen molar-refractivity contribution in [2.75, 3.05) is 0 Å². The summed E-state index contributed by atoms with van der Waals surface area (Å²) in [7, 11) is -2.17. The van der Waals surface area contributed by atoms with Crippen molar-refractivity contribution in [2.45, 2.75) is 30.8 Å². The molecule has 0 amide bonds. The van der Waals surface area contributed by atoms with Crippen molar-refractivity contribution in [2.24, 2.45) is 7.05 Å². The van der Waals surface area contributed by atoms with E-state index < -0.39 is 16.1 Å². The molecule has 1 atom stereocenters. The first-order valence-electron chi connectivity index (χ1n) is 4.98. The van der Waals surface area contributed by atoms with Crippen LogP contribution in [0, 0.1) is 11.3 Å². The zero-order chi connectivity index (χ0) is 13.1. The lowest BCUT2D eigenvalue weighted by Gasteiger charge is -2.12. The fourth-order valence-electron chi connectivity index (χ4n) is 1.23. The maximum absolute atomic E-state index is 11.9. The van der Waals surface area contributed by atoms with Gasteiger partial charge in [-0.1, -0.05) is 18.5 Å². The fraction of sp³-hybridized carbons (Fsp3) is 0.556. The Kier molecular flexibility index (Phi) is 4.51. The van der Waals surface area contributed by atoms with Crippen LogP contribution < -0.4 is 4.72 Å². The van der Waals surface area contributed by atoms with Crippen LogP contribution in [0.2, 0.25) is 5.15 Å². The average Bonchev–Trinajstić information content (AvgIpc) is 2.59. The summed E-state index contributed by atoms with van der Waals surface area (Å²) in [6.07, 6.45) is 1.96. The zero-order valence-electron chi connectivity index (χ0n) is 9.51.